The lowest BCUT2D eigenvalue weighted by atomic mass is 9.94. The Hall–Kier alpha value is -2.71. The Morgan fingerprint density at radius 3 is 2.59 bits per heavy atom. The highest BCUT2D eigenvalue weighted by molar-refractivity contribution is 7.89. The van der Waals surface area contributed by atoms with E-state index < -0.39 is 10.0 Å². The van der Waals surface area contributed by atoms with Crippen LogP contribution < -0.4 is 5.32 Å². The van der Waals surface area contributed by atoms with Gasteiger partial charge in [-0.15, -0.1) is 0 Å². The monoisotopic (exact) mass is 456 g/mol. The molecule has 2 atom stereocenters. The van der Waals surface area contributed by atoms with Crippen LogP contribution in [0.2, 0.25) is 0 Å². The van der Waals surface area contributed by atoms with Gasteiger partial charge in [0, 0.05) is 45.1 Å². The van der Waals surface area contributed by atoms with E-state index in [0.717, 1.165) is 35.8 Å². The number of hydrogen-bond donors (Lipinski definition) is 1. The summed E-state index contributed by atoms with van der Waals surface area (Å²) in [6.45, 7) is 2.63. The molecule has 0 saturated carbocycles. The van der Waals surface area contributed by atoms with E-state index in [1.54, 1.807) is 30.3 Å². The van der Waals surface area contributed by atoms with Crippen LogP contribution >= 0.6 is 0 Å². The number of pyridine rings is 1. The molecule has 1 aromatic heterocycles. The van der Waals surface area contributed by atoms with Crippen LogP contribution in [0.4, 0.5) is 5.69 Å². The minimum absolute atomic E-state index is 0.0956. The Morgan fingerprint density at radius 2 is 1.97 bits per heavy atom. The minimum atomic E-state index is -3.70. The van der Waals surface area contributed by atoms with Crippen LogP contribution in [0.1, 0.15) is 48.3 Å². The van der Waals surface area contributed by atoms with Crippen molar-refractivity contribution in [2.75, 3.05) is 33.0 Å². The molecule has 172 valence electrons. The Morgan fingerprint density at radius 1 is 1.19 bits per heavy atom. The summed E-state index contributed by atoms with van der Waals surface area (Å²) >= 11 is 0. The number of benzene rings is 1. The standard InChI is InChI=1S/C24H32N4O3S/c1-18(23-12-8-9-13-25-23)28(4)24(29)20-14-21(26-17-19-10-6-5-7-11-19)16-22(15-20)32(30,31)27(2)3/h5-6,8-9,12-16,18-19,26H,7,10-11,17H2,1-4H3/t18-,19-/m1/s1. The molecule has 7 nitrogen and oxygen atoms in total. The van der Waals surface area contributed by atoms with E-state index in [1.807, 2.05) is 25.1 Å². The van der Waals surface area contributed by atoms with E-state index >= 15 is 0 Å². The van der Waals surface area contributed by atoms with Crippen molar-refractivity contribution >= 4 is 21.6 Å². The number of amides is 1. The van der Waals surface area contributed by atoms with E-state index in [1.165, 1.54) is 20.2 Å². The first kappa shape index (κ1) is 23.9. The van der Waals surface area contributed by atoms with Crippen LogP contribution in [0.25, 0.3) is 0 Å². The highest BCUT2D eigenvalue weighted by Crippen LogP contribution is 2.26. The van der Waals surface area contributed by atoms with Crippen LogP contribution in [0.15, 0.2) is 59.6 Å². The second-order valence-corrected chi connectivity index (χ2v) is 10.6. The highest BCUT2D eigenvalue weighted by atomic mass is 32.2. The van der Waals surface area contributed by atoms with Gasteiger partial charge in [-0.3, -0.25) is 9.78 Å². The van der Waals surface area contributed by atoms with Gasteiger partial charge in [-0.05, 0) is 62.4 Å². The lowest BCUT2D eigenvalue weighted by molar-refractivity contribution is 0.0739. The first-order valence-corrected chi connectivity index (χ1v) is 12.3. The lowest BCUT2D eigenvalue weighted by Gasteiger charge is -2.25. The van der Waals surface area contributed by atoms with Gasteiger partial charge in [0.1, 0.15) is 0 Å². The van der Waals surface area contributed by atoms with Gasteiger partial charge in [-0.2, -0.15) is 0 Å². The van der Waals surface area contributed by atoms with Crippen LogP contribution in [0.5, 0.6) is 0 Å². The third kappa shape index (κ3) is 5.55. The normalized spacial score (nSPS) is 17.2. The summed E-state index contributed by atoms with van der Waals surface area (Å²) in [6, 6.07) is 10.1. The number of rotatable bonds is 8. The second-order valence-electron chi connectivity index (χ2n) is 8.41. The van der Waals surface area contributed by atoms with E-state index in [-0.39, 0.29) is 16.8 Å². The molecule has 0 aliphatic heterocycles. The predicted octanol–water partition coefficient (Wildman–Crippen LogP) is 3.93. The van der Waals surface area contributed by atoms with Crippen LogP contribution in [0, 0.1) is 5.92 Å². The van der Waals surface area contributed by atoms with Crippen LogP contribution in [-0.2, 0) is 10.0 Å². The maximum atomic E-state index is 13.3. The zero-order valence-electron chi connectivity index (χ0n) is 19.2. The number of anilines is 1. The Balaban J connectivity index is 1.90. The molecule has 0 radical (unpaired) electrons. The summed E-state index contributed by atoms with van der Waals surface area (Å²) in [4.78, 5) is 19.3. The summed E-state index contributed by atoms with van der Waals surface area (Å²) in [5.41, 5.74) is 1.72. The van der Waals surface area contributed by atoms with Crippen molar-refractivity contribution in [1.82, 2.24) is 14.2 Å². The molecule has 0 unspecified atom stereocenters. The van der Waals surface area contributed by atoms with Gasteiger partial charge in [0.25, 0.3) is 5.91 Å². The van der Waals surface area contributed by atoms with Crippen molar-refractivity contribution in [3.8, 4) is 0 Å². The molecule has 1 aliphatic carbocycles. The molecule has 2 aromatic rings. The van der Waals surface area contributed by atoms with Crippen molar-refractivity contribution in [1.29, 1.82) is 0 Å². The van der Waals surface area contributed by atoms with Crippen LogP contribution in [0.3, 0.4) is 0 Å². The fourth-order valence-corrected chi connectivity index (χ4v) is 4.66. The molecule has 1 amide bonds. The average Bonchev–Trinajstić information content (AvgIpc) is 2.82. The quantitative estimate of drug-likeness (QED) is 0.609. The van der Waals surface area contributed by atoms with E-state index in [2.05, 4.69) is 22.5 Å². The summed E-state index contributed by atoms with van der Waals surface area (Å²) in [7, 11) is 0.980. The number of carbonyl (C=O) groups is 1. The van der Waals surface area contributed by atoms with Gasteiger partial charge in [-0.25, -0.2) is 12.7 Å². The number of nitrogens with one attached hydrogen (secondary N) is 1. The minimum Gasteiger partial charge on any atom is -0.385 e. The maximum Gasteiger partial charge on any atom is 0.254 e. The second kappa shape index (κ2) is 10.3. The van der Waals surface area contributed by atoms with E-state index in [9.17, 15) is 13.2 Å². The molecule has 32 heavy (non-hydrogen) atoms. The number of allylic oxidation sites excluding steroid dienone is 2. The predicted molar refractivity (Wildman–Crippen MR) is 127 cm³/mol. The summed E-state index contributed by atoms with van der Waals surface area (Å²) in [6.07, 6.45) is 9.22. The molecular formula is C24H32N4O3S. The SMILES string of the molecule is C[C@H](c1ccccn1)N(C)C(=O)c1cc(NC[C@@H]2CC=CCC2)cc(S(=O)(=O)N(C)C)c1. The molecule has 8 heteroatoms. The largest absolute Gasteiger partial charge is 0.385 e. The van der Waals surface area contributed by atoms with Gasteiger partial charge in [0.15, 0.2) is 0 Å². The van der Waals surface area contributed by atoms with Crippen molar-refractivity contribution in [2.24, 2.45) is 5.92 Å². The first-order chi connectivity index (χ1) is 15.2. The topological polar surface area (TPSA) is 82.6 Å². The lowest BCUT2D eigenvalue weighted by Crippen LogP contribution is -2.30. The molecule has 0 spiro atoms. The highest BCUT2D eigenvalue weighted by Gasteiger charge is 2.24. The molecule has 1 heterocycles. The molecule has 0 bridgehead atoms. The van der Waals surface area contributed by atoms with Gasteiger partial charge in [0.2, 0.25) is 10.0 Å². The third-order valence-corrected chi connectivity index (χ3v) is 7.71. The Bertz CT molecular complexity index is 1070. The Kier molecular flexibility index (Phi) is 7.69. The van der Waals surface area contributed by atoms with Gasteiger partial charge < -0.3 is 10.2 Å². The zero-order valence-corrected chi connectivity index (χ0v) is 20.0. The van der Waals surface area contributed by atoms with Crippen molar-refractivity contribution in [3.63, 3.8) is 0 Å². The molecule has 0 saturated heterocycles. The summed E-state index contributed by atoms with van der Waals surface area (Å²) in [5, 5.41) is 3.36. The van der Waals surface area contributed by atoms with Gasteiger partial charge in [-0.1, -0.05) is 18.2 Å². The molecule has 3 rings (SSSR count). The molecular weight excluding hydrogens is 424 g/mol. The number of nitrogens with zero attached hydrogens (tertiary/aromatic N) is 3. The molecule has 1 aromatic carbocycles. The fourth-order valence-electron chi connectivity index (χ4n) is 3.69. The third-order valence-electron chi connectivity index (χ3n) is 5.92. The Labute approximate surface area is 191 Å². The molecule has 1 aliphatic rings. The zero-order chi connectivity index (χ0) is 23.3. The van der Waals surface area contributed by atoms with Crippen molar-refractivity contribution < 1.29 is 13.2 Å². The van der Waals surface area contributed by atoms with Gasteiger partial charge in [0.05, 0.1) is 16.6 Å². The fraction of sp³-hybridized carbons (Fsp3) is 0.417. The number of hydrogen-bond acceptors (Lipinski definition) is 5. The first-order valence-electron chi connectivity index (χ1n) is 10.8. The average molecular weight is 457 g/mol. The smallest absolute Gasteiger partial charge is 0.254 e. The van der Waals surface area contributed by atoms with Crippen LogP contribution in [-0.4, -0.2) is 56.2 Å². The summed E-state index contributed by atoms with van der Waals surface area (Å²) < 4.78 is 26.8. The maximum absolute atomic E-state index is 13.3. The van der Waals surface area contributed by atoms with Gasteiger partial charge >= 0.3 is 0 Å². The van der Waals surface area contributed by atoms with E-state index in [4.69, 9.17) is 0 Å². The number of aromatic nitrogens is 1. The van der Waals surface area contributed by atoms with E-state index in [0.29, 0.717) is 17.2 Å². The number of carbonyl (C=O) groups excluding carboxylic acids is 1. The molecule has 1 N–H and O–H groups in total. The number of sulfonamides is 1. The molecule has 0 fully saturated rings. The van der Waals surface area contributed by atoms with Crippen molar-refractivity contribution in [2.45, 2.75) is 37.1 Å². The van der Waals surface area contributed by atoms with Crippen molar-refractivity contribution in [3.05, 3.63) is 66.0 Å². The summed E-state index contributed by atoms with van der Waals surface area (Å²) in [5.74, 6) is 0.225.